The first-order valence-electron chi connectivity index (χ1n) is 11.8. The van der Waals surface area contributed by atoms with Crippen LogP contribution in [0.15, 0.2) is 54.9 Å². The molecule has 1 fully saturated rings. The number of rotatable bonds is 2. The zero-order valence-corrected chi connectivity index (χ0v) is 18.8. The number of aromatic nitrogens is 3. The highest BCUT2D eigenvalue weighted by atomic mass is 14.9. The third-order valence-corrected chi connectivity index (χ3v) is 6.92. The van der Waals surface area contributed by atoms with Crippen LogP contribution in [0, 0.1) is 24.7 Å². The zero-order valence-electron chi connectivity index (χ0n) is 18.8. The molecule has 3 aliphatic rings. The highest BCUT2D eigenvalue weighted by molar-refractivity contribution is 5.83. The third kappa shape index (κ3) is 3.90. The molecule has 2 unspecified atom stereocenters. The lowest BCUT2D eigenvalue weighted by atomic mass is 9.82. The van der Waals surface area contributed by atoms with Gasteiger partial charge in [0.05, 0.1) is 17.6 Å². The van der Waals surface area contributed by atoms with E-state index < -0.39 is 0 Å². The quantitative estimate of drug-likeness (QED) is 0.600. The molecule has 0 radical (unpaired) electrons. The van der Waals surface area contributed by atoms with Gasteiger partial charge in [0.1, 0.15) is 5.69 Å². The highest BCUT2D eigenvalue weighted by Crippen LogP contribution is 2.40. The maximum Gasteiger partial charge on any atom is 0.132 e. The molecule has 3 heterocycles. The van der Waals surface area contributed by atoms with Gasteiger partial charge in [0.15, 0.2) is 0 Å². The van der Waals surface area contributed by atoms with Gasteiger partial charge >= 0.3 is 0 Å². The van der Waals surface area contributed by atoms with Crippen molar-refractivity contribution < 1.29 is 0 Å². The van der Waals surface area contributed by atoms with Crippen molar-refractivity contribution in [3.8, 4) is 11.8 Å². The highest BCUT2D eigenvalue weighted by Gasteiger charge is 2.28. The fourth-order valence-electron chi connectivity index (χ4n) is 5.24. The lowest BCUT2D eigenvalue weighted by Crippen LogP contribution is -2.32. The largest absolute Gasteiger partial charge is 0.316 e. The number of nitrogens with one attached hydrogen (secondary N) is 1. The normalized spacial score (nSPS) is 20.6. The molecule has 0 spiro atoms. The molecule has 1 aromatic carbocycles. The van der Waals surface area contributed by atoms with Gasteiger partial charge in [0.25, 0.3) is 0 Å². The van der Waals surface area contributed by atoms with Crippen molar-refractivity contribution in [2.24, 2.45) is 5.92 Å². The van der Waals surface area contributed by atoms with E-state index in [0.717, 1.165) is 42.2 Å². The van der Waals surface area contributed by atoms with Gasteiger partial charge in [-0.3, -0.25) is 9.97 Å². The van der Waals surface area contributed by atoms with Crippen LogP contribution in [0.3, 0.4) is 0 Å². The number of fused-ring (bicyclic) bond motifs is 2. The van der Waals surface area contributed by atoms with Gasteiger partial charge in [0.2, 0.25) is 0 Å². The van der Waals surface area contributed by atoms with Crippen LogP contribution < -0.4 is 5.32 Å². The molecule has 1 saturated heterocycles. The van der Waals surface area contributed by atoms with Crippen LogP contribution in [-0.4, -0.2) is 28.0 Å². The molecule has 1 N–H and O–H groups in total. The Morgan fingerprint density at radius 1 is 1.09 bits per heavy atom. The van der Waals surface area contributed by atoms with Crippen molar-refractivity contribution >= 4 is 11.6 Å². The minimum Gasteiger partial charge on any atom is -0.316 e. The van der Waals surface area contributed by atoms with Crippen molar-refractivity contribution in [2.45, 2.75) is 32.1 Å². The minimum absolute atomic E-state index is 0.501. The molecule has 33 heavy (non-hydrogen) atoms. The van der Waals surface area contributed by atoms with Crippen LogP contribution >= 0.6 is 0 Å². The van der Waals surface area contributed by atoms with Crippen molar-refractivity contribution in [3.63, 3.8) is 0 Å². The Kier molecular flexibility index (Phi) is 5.13. The molecular weight excluding hydrogens is 404 g/mol. The molecule has 4 heteroatoms. The Morgan fingerprint density at radius 3 is 2.94 bits per heavy atom. The second-order valence-electron chi connectivity index (χ2n) is 9.14. The molecule has 4 nitrogen and oxygen atoms in total. The first kappa shape index (κ1) is 20.1. The van der Waals surface area contributed by atoms with Crippen molar-refractivity contribution in [2.75, 3.05) is 13.1 Å². The molecule has 1 aliphatic heterocycles. The van der Waals surface area contributed by atoms with Crippen LogP contribution in [0.1, 0.15) is 63.8 Å². The van der Waals surface area contributed by atoms with Crippen LogP contribution in [0.4, 0.5) is 0 Å². The molecule has 3 aromatic rings. The molecule has 162 valence electrons. The van der Waals surface area contributed by atoms with Crippen LogP contribution in [-0.2, 0) is 6.42 Å². The average Bonchev–Trinajstić information content (AvgIpc) is 3.47. The fourth-order valence-corrected chi connectivity index (χ4v) is 5.24. The number of aryl methyl sites for hydroxylation is 1. The summed E-state index contributed by atoms with van der Waals surface area (Å²) in [7, 11) is 0. The summed E-state index contributed by atoms with van der Waals surface area (Å²) in [5, 5.41) is 3.58. The van der Waals surface area contributed by atoms with Crippen LogP contribution in [0.25, 0.3) is 11.6 Å². The van der Waals surface area contributed by atoms with Gasteiger partial charge in [-0.1, -0.05) is 36.3 Å². The summed E-state index contributed by atoms with van der Waals surface area (Å²) in [6, 6.07) is 10.8. The monoisotopic (exact) mass is 430 g/mol. The third-order valence-electron chi connectivity index (χ3n) is 6.92. The summed E-state index contributed by atoms with van der Waals surface area (Å²) >= 11 is 0. The smallest absolute Gasteiger partial charge is 0.132 e. The number of benzene rings is 1. The van der Waals surface area contributed by atoms with Gasteiger partial charge in [-0.15, -0.1) is 0 Å². The first-order valence-corrected chi connectivity index (χ1v) is 11.8. The maximum absolute atomic E-state index is 4.91. The Hall–Kier alpha value is -3.55. The first-order chi connectivity index (χ1) is 16.2. The van der Waals surface area contributed by atoms with Crippen molar-refractivity contribution in [3.05, 3.63) is 99.9 Å². The summed E-state index contributed by atoms with van der Waals surface area (Å²) < 4.78 is 0. The lowest BCUT2D eigenvalue weighted by Gasteiger charge is -2.28. The van der Waals surface area contributed by atoms with Gasteiger partial charge in [-0.05, 0) is 79.6 Å². The van der Waals surface area contributed by atoms with Crippen molar-refractivity contribution in [1.82, 2.24) is 20.3 Å². The van der Waals surface area contributed by atoms with Crippen LogP contribution in [0.2, 0.25) is 0 Å². The van der Waals surface area contributed by atoms with Gasteiger partial charge < -0.3 is 5.32 Å². The molecule has 6 rings (SSSR count). The fraction of sp³-hybridized carbons (Fsp3) is 0.276. The van der Waals surface area contributed by atoms with E-state index in [1.54, 1.807) is 12.4 Å². The van der Waals surface area contributed by atoms with Gasteiger partial charge in [-0.2, -0.15) is 0 Å². The minimum atomic E-state index is 0.501. The predicted molar refractivity (Wildman–Crippen MR) is 132 cm³/mol. The molecule has 0 saturated carbocycles. The van der Waals surface area contributed by atoms with Gasteiger partial charge in [0, 0.05) is 35.4 Å². The Balaban J connectivity index is 1.30. The molecule has 2 atom stereocenters. The number of hydrogen-bond acceptors (Lipinski definition) is 4. The van der Waals surface area contributed by atoms with E-state index in [1.165, 1.54) is 35.1 Å². The number of pyridine rings is 1. The van der Waals surface area contributed by atoms with E-state index in [9.17, 15) is 0 Å². The summed E-state index contributed by atoms with van der Waals surface area (Å²) in [4.78, 5) is 13.8. The summed E-state index contributed by atoms with van der Waals surface area (Å²) in [6.45, 7) is 4.22. The van der Waals surface area contributed by atoms with E-state index in [1.807, 2.05) is 19.1 Å². The van der Waals surface area contributed by atoms with Gasteiger partial charge in [-0.25, -0.2) is 4.98 Å². The molecular formula is C29H26N4. The topological polar surface area (TPSA) is 50.7 Å². The number of nitrogens with zero attached hydrogens (tertiary/aromatic N) is 3. The SMILES string of the molecule is Cc1cc(C#Cc2cnc3c(n2)C(c2ccc4c(c2)C(C2CCCNC2)C=C4)=CC3)ccn1. The Bertz CT molecular complexity index is 1350. The average molecular weight is 431 g/mol. The van der Waals surface area contributed by atoms with Crippen LogP contribution in [0.5, 0.6) is 0 Å². The molecule has 2 aliphatic carbocycles. The Morgan fingerprint density at radius 2 is 2.06 bits per heavy atom. The van der Waals surface area contributed by atoms with E-state index in [4.69, 9.17) is 4.98 Å². The zero-order chi connectivity index (χ0) is 22.2. The second kappa shape index (κ2) is 8.42. The summed E-state index contributed by atoms with van der Waals surface area (Å²) in [5.74, 6) is 7.56. The van der Waals surface area contributed by atoms with E-state index in [0.29, 0.717) is 17.5 Å². The lowest BCUT2D eigenvalue weighted by molar-refractivity contribution is 0.353. The number of hydrogen-bond donors (Lipinski definition) is 1. The maximum atomic E-state index is 4.91. The van der Waals surface area contributed by atoms with E-state index in [-0.39, 0.29) is 0 Å². The Labute approximate surface area is 194 Å². The molecule has 0 amide bonds. The number of piperidine rings is 1. The number of allylic oxidation sites excluding steroid dienone is 2. The summed E-state index contributed by atoms with van der Waals surface area (Å²) in [5.41, 5.74) is 9.81. The molecule has 0 bridgehead atoms. The van der Waals surface area contributed by atoms with Crippen molar-refractivity contribution in [1.29, 1.82) is 0 Å². The summed E-state index contributed by atoms with van der Waals surface area (Å²) in [6.07, 6.45) is 13.9. The molecule has 2 aromatic heterocycles. The standard InChI is InChI=1S/C29H26N4/c1-19-15-20(12-14-31-19)4-8-24-18-32-28-11-10-26(29(28)33-24)22-6-5-21-7-9-25(27(21)16-22)23-3-2-13-30-17-23/h5-7,9-10,12,14-16,18,23,25,30H,2-3,11,13,17H2,1H3. The van der Waals surface area contributed by atoms with E-state index >= 15 is 0 Å². The second-order valence-corrected chi connectivity index (χ2v) is 9.14. The van der Waals surface area contributed by atoms with E-state index in [2.05, 4.69) is 63.6 Å². The predicted octanol–water partition coefficient (Wildman–Crippen LogP) is 4.68.